The van der Waals surface area contributed by atoms with Crippen LogP contribution in [0.15, 0.2) is 23.9 Å². The zero-order valence-corrected chi connectivity index (χ0v) is 10.9. The molecule has 0 unspecified atom stereocenters. The molecule has 0 saturated carbocycles. The smallest absolute Gasteiger partial charge is 0.0548 e. The van der Waals surface area contributed by atoms with Crippen molar-refractivity contribution in [3.63, 3.8) is 0 Å². The first-order valence-electron chi connectivity index (χ1n) is 6.32. The van der Waals surface area contributed by atoms with Gasteiger partial charge in [0.1, 0.15) is 0 Å². The molecule has 3 nitrogen and oxygen atoms in total. The minimum Gasteiger partial charge on any atom is -0.312 e. The second-order valence-corrected chi connectivity index (χ2v) is 4.27. The summed E-state index contributed by atoms with van der Waals surface area (Å²) in [6.45, 7) is 12.1. The molecule has 1 rings (SSSR count). The molecule has 0 radical (unpaired) electrons. The van der Waals surface area contributed by atoms with Crippen molar-refractivity contribution in [3.05, 3.63) is 23.9 Å². The lowest BCUT2D eigenvalue weighted by Gasteiger charge is -2.25. The number of rotatable bonds is 7. The Morgan fingerprint density at radius 3 is 2.75 bits per heavy atom. The highest BCUT2D eigenvalue weighted by Crippen LogP contribution is 2.03. The summed E-state index contributed by atoms with van der Waals surface area (Å²) in [5.74, 6) is 0. The Bertz CT molecular complexity index is 242. The van der Waals surface area contributed by atoms with Gasteiger partial charge in [0.25, 0.3) is 0 Å². The van der Waals surface area contributed by atoms with Crippen LogP contribution in [-0.2, 0) is 0 Å². The molecular weight excluding hydrogens is 198 g/mol. The molecule has 0 atom stereocenters. The van der Waals surface area contributed by atoms with Crippen LogP contribution in [0.25, 0.3) is 0 Å². The molecular formula is C13H25N3. The maximum Gasteiger partial charge on any atom is 0.0548 e. The van der Waals surface area contributed by atoms with Gasteiger partial charge in [-0.3, -0.25) is 0 Å². The zero-order valence-electron chi connectivity index (χ0n) is 10.9. The van der Waals surface area contributed by atoms with E-state index in [9.17, 15) is 0 Å². The summed E-state index contributed by atoms with van der Waals surface area (Å²) in [6, 6.07) is 0. The summed E-state index contributed by atoms with van der Waals surface area (Å²) in [7, 11) is 0. The van der Waals surface area contributed by atoms with Gasteiger partial charge in [0.05, 0.1) is 6.54 Å². The van der Waals surface area contributed by atoms with Crippen molar-refractivity contribution in [3.8, 4) is 0 Å². The second kappa shape index (κ2) is 7.47. The van der Waals surface area contributed by atoms with Gasteiger partial charge in [-0.25, -0.2) is 5.43 Å². The molecule has 1 N–H and O–H groups in total. The minimum atomic E-state index is 1.00. The Morgan fingerprint density at radius 2 is 2.12 bits per heavy atom. The van der Waals surface area contributed by atoms with Crippen LogP contribution in [0, 0.1) is 0 Å². The Kier molecular flexibility index (Phi) is 6.19. The molecule has 0 fully saturated rings. The first-order chi connectivity index (χ1) is 7.76. The van der Waals surface area contributed by atoms with Crippen molar-refractivity contribution in [1.29, 1.82) is 0 Å². The highest BCUT2D eigenvalue weighted by molar-refractivity contribution is 5.16. The lowest BCUT2D eigenvalue weighted by Crippen LogP contribution is -2.37. The van der Waals surface area contributed by atoms with Crippen LogP contribution in [-0.4, -0.2) is 42.6 Å². The second-order valence-electron chi connectivity index (χ2n) is 4.27. The van der Waals surface area contributed by atoms with Crippen molar-refractivity contribution < 1.29 is 0 Å². The maximum atomic E-state index is 3.43. The largest absolute Gasteiger partial charge is 0.312 e. The van der Waals surface area contributed by atoms with E-state index < -0.39 is 0 Å². The molecule has 92 valence electrons. The Labute approximate surface area is 99.8 Å². The van der Waals surface area contributed by atoms with E-state index in [0.717, 1.165) is 26.2 Å². The fourth-order valence-corrected chi connectivity index (χ4v) is 1.86. The van der Waals surface area contributed by atoms with Gasteiger partial charge in [0.15, 0.2) is 0 Å². The van der Waals surface area contributed by atoms with Gasteiger partial charge in [-0.1, -0.05) is 25.5 Å². The summed E-state index contributed by atoms with van der Waals surface area (Å²) >= 11 is 0. The molecule has 0 aromatic rings. The molecule has 1 aliphatic rings. The number of hydrogen-bond donors (Lipinski definition) is 1. The molecule has 0 aromatic heterocycles. The van der Waals surface area contributed by atoms with Crippen molar-refractivity contribution >= 4 is 0 Å². The molecule has 1 aliphatic heterocycles. The van der Waals surface area contributed by atoms with E-state index in [1.165, 1.54) is 18.5 Å². The van der Waals surface area contributed by atoms with E-state index in [1.807, 2.05) is 0 Å². The molecule has 0 spiro atoms. The SMILES string of the molecule is CCN(CC)CCCNN1C=CC=C(C)C1. The van der Waals surface area contributed by atoms with Crippen molar-refractivity contribution in [2.75, 3.05) is 32.7 Å². The molecule has 3 heteroatoms. The van der Waals surface area contributed by atoms with Crippen LogP contribution >= 0.6 is 0 Å². The number of hydrogen-bond acceptors (Lipinski definition) is 3. The van der Waals surface area contributed by atoms with Crippen molar-refractivity contribution in [2.45, 2.75) is 27.2 Å². The number of nitrogens with one attached hydrogen (secondary N) is 1. The van der Waals surface area contributed by atoms with E-state index >= 15 is 0 Å². The van der Waals surface area contributed by atoms with Crippen LogP contribution in [0.1, 0.15) is 27.2 Å². The number of nitrogens with zero attached hydrogens (tertiary/aromatic N) is 2. The molecule has 0 saturated heterocycles. The Morgan fingerprint density at radius 1 is 1.38 bits per heavy atom. The van der Waals surface area contributed by atoms with Crippen LogP contribution < -0.4 is 5.43 Å². The van der Waals surface area contributed by atoms with E-state index in [-0.39, 0.29) is 0 Å². The van der Waals surface area contributed by atoms with Gasteiger partial charge in [-0.05, 0) is 39.1 Å². The van der Waals surface area contributed by atoms with E-state index in [1.54, 1.807) is 0 Å². The van der Waals surface area contributed by atoms with Gasteiger partial charge in [0.2, 0.25) is 0 Å². The average Bonchev–Trinajstić information content (AvgIpc) is 2.29. The fourth-order valence-electron chi connectivity index (χ4n) is 1.86. The normalized spacial score (nSPS) is 15.8. The fraction of sp³-hybridized carbons (Fsp3) is 0.692. The van der Waals surface area contributed by atoms with Crippen LogP contribution in [0.4, 0.5) is 0 Å². The predicted octanol–water partition coefficient (Wildman–Crippen LogP) is 2.00. The predicted molar refractivity (Wildman–Crippen MR) is 70.0 cm³/mol. The molecule has 0 bridgehead atoms. The van der Waals surface area contributed by atoms with E-state index in [0.29, 0.717) is 0 Å². The van der Waals surface area contributed by atoms with Gasteiger partial charge in [0, 0.05) is 12.7 Å². The molecule has 1 heterocycles. The zero-order chi connectivity index (χ0) is 11.8. The third kappa shape index (κ3) is 4.81. The standard InChI is InChI=1S/C13H25N3/c1-4-15(5-2)10-7-9-14-16-11-6-8-13(3)12-16/h6,8,11,14H,4-5,7,9-10,12H2,1-3H3. The summed E-state index contributed by atoms with van der Waals surface area (Å²) in [5, 5.41) is 2.16. The summed E-state index contributed by atoms with van der Waals surface area (Å²) < 4.78 is 0. The third-order valence-corrected chi connectivity index (χ3v) is 2.93. The molecule has 16 heavy (non-hydrogen) atoms. The van der Waals surface area contributed by atoms with Crippen LogP contribution in [0.2, 0.25) is 0 Å². The molecule has 0 aromatic carbocycles. The van der Waals surface area contributed by atoms with Crippen LogP contribution in [0.3, 0.4) is 0 Å². The topological polar surface area (TPSA) is 18.5 Å². The Balaban J connectivity index is 2.08. The molecule has 0 aliphatic carbocycles. The summed E-state index contributed by atoms with van der Waals surface area (Å²) in [6.07, 6.45) is 7.56. The maximum absolute atomic E-state index is 3.43. The third-order valence-electron chi connectivity index (χ3n) is 2.93. The van der Waals surface area contributed by atoms with Crippen LogP contribution in [0.5, 0.6) is 0 Å². The van der Waals surface area contributed by atoms with Gasteiger partial charge >= 0.3 is 0 Å². The monoisotopic (exact) mass is 223 g/mol. The number of allylic oxidation sites excluding steroid dienone is 2. The first-order valence-corrected chi connectivity index (χ1v) is 6.32. The van der Waals surface area contributed by atoms with Gasteiger partial charge < -0.3 is 9.91 Å². The first kappa shape index (κ1) is 13.3. The lowest BCUT2D eigenvalue weighted by atomic mass is 10.2. The lowest BCUT2D eigenvalue weighted by molar-refractivity contribution is 0.257. The van der Waals surface area contributed by atoms with E-state index in [4.69, 9.17) is 0 Å². The summed E-state index contributed by atoms with van der Waals surface area (Å²) in [4.78, 5) is 2.46. The highest BCUT2D eigenvalue weighted by Gasteiger charge is 2.03. The summed E-state index contributed by atoms with van der Waals surface area (Å²) in [5.41, 5.74) is 4.84. The van der Waals surface area contributed by atoms with Crippen molar-refractivity contribution in [2.24, 2.45) is 0 Å². The van der Waals surface area contributed by atoms with Gasteiger partial charge in [-0.2, -0.15) is 0 Å². The average molecular weight is 223 g/mol. The van der Waals surface area contributed by atoms with Gasteiger partial charge in [-0.15, -0.1) is 0 Å². The van der Waals surface area contributed by atoms with E-state index in [2.05, 4.69) is 54.5 Å². The quantitative estimate of drug-likeness (QED) is 0.666. The Hall–Kier alpha value is -0.800. The van der Waals surface area contributed by atoms with Crippen molar-refractivity contribution in [1.82, 2.24) is 15.3 Å². The number of hydrazine groups is 1. The highest BCUT2D eigenvalue weighted by atomic mass is 15.5. The molecule has 0 amide bonds. The minimum absolute atomic E-state index is 1.00.